The highest BCUT2D eigenvalue weighted by Gasteiger charge is 2.34. The summed E-state index contributed by atoms with van der Waals surface area (Å²) in [5.74, 6) is -0.328. The van der Waals surface area contributed by atoms with E-state index in [1.165, 1.54) is 12.1 Å². The van der Waals surface area contributed by atoms with Gasteiger partial charge in [-0.2, -0.15) is 4.31 Å². The van der Waals surface area contributed by atoms with E-state index in [4.69, 9.17) is 0 Å². The van der Waals surface area contributed by atoms with Crippen LogP contribution in [0.2, 0.25) is 0 Å². The molecular weight excluding hydrogens is 337 g/mol. The van der Waals surface area contributed by atoms with E-state index in [2.05, 4.69) is 0 Å². The van der Waals surface area contributed by atoms with E-state index in [1.807, 2.05) is 32.0 Å². The molecule has 2 aromatic rings. The van der Waals surface area contributed by atoms with Gasteiger partial charge in [0.2, 0.25) is 10.0 Å². The second-order valence-corrected chi connectivity index (χ2v) is 8.66. The Kier molecular flexibility index (Phi) is 5.25. The SMILES string of the molecule is Cc1ccc(C)c(S(=O)(=O)N2CCCCC[C@@H]2c2cccc(F)c2)c1. The van der Waals surface area contributed by atoms with Crippen LogP contribution in [-0.4, -0.2) is 19.3 Å². The summed E-state index contributed by atoms with van der Waals surface area (Å²) < 4.78 is 42.1. The summed E-state index contributed by atoms with van der Waals surface area (Å²) in [6, 6.07) is 11.5. The Labute approximate surface area is 149 Å². The van der Waals surface area contributed by atoms with Gasteiger partial charge in [-0.05, 0) is 61.6 Å². The van der Waals surface area contributed by atoms with Crippen LogP contribution in [0, 0.1) is 19.7 Å². The van der Waals surface area contributed by atoms with E-state index in [-0.39, 0.29) is 11.9 Å². The number of aryl methyl sites for hydroxylation is 2. The normalized spacial score (nSPS) is 19.6. The highest BCUT2D eigenvalue weighted by molar-refractivity contribution is 7.89. The van der Waals surface area contributed by atoms with Crippen LogP contribution in [0.1, 0.15) is 48.4 Å². The summed E-state index contributed by atoms with van der Waals surface area (Å²) in [6.07, 6.45) is 3.48. The van der Waals surface area contributed by atoms with Crippen LogP contribution >= 0.6 is 0 Å². The first-order valence-electron chi connectivity index (χ1n) is 8.74. The maximum Gasteiger partial charge on any atom is 0.243 e. The van der Waals surface area contributed by atoms with Crippen LogP contribution in [0.4, 0.5) is 4.39 Å². The Morgan fingerprint density at radius 2 is 1.84 bits per heavy atom. The molecule has 1 aliphatic rings. The molecule has 25 heavy (non-hydrogen) atoms. The van der Waals surface area contributed by atoms with Crippen LogP contribution in [-0.2, 0) is 10.0 Å². The fourth-order valence-corrected chi connectivity index (χ4v) is 5.52. The third kappa shape index (κ3) is 3.77. The zero-order valence-corrected chi connectivity index (χ0v) is 15.5. The van der Waals surface area contributed by atoms with Crippen molar-refractivity contribution in [3.05, 3.63) is 65.0 Å². The van der Waals surface area contributed by atoms with Crippen LogP contribution in [0.5, 0.6) is 0 Å². The molecule has 1 heterocycles. The smallest absolute Gasteiger partial charge is 0.207 e. The summed E-state index contributed by atoms with van der Waals surface area (Å²) in [7, 11) is -3.64. The quantitative estimate of drug-likeness (QED) is 0.791. The van der Waals surface area contributed by atoms with Crippen molar-refractivity contribution in [1.29, 1.82) is 0 Å². The third-order valence-corrected chi connectivity index (χ3v) is 6.92. The maximum atomic E-state index is 13.7. The average molecular weight is 361 g/mol. The minimum atomic E-state index is -3.64. The lowest BCUT2D eigenvalue weighted by Crippen LogP contribution is -2.35. The van der Waals surface area contributed by atoms with Crippen molar-refractivity contribution < 1.29 is 12.8 Å². The average Bonchev–Trinajstić information content (AvgIpc) is 2.83. The number of hydrogen-bond donors (Lipinski definition) is 0. The minimum Gasteiger partial charge on any atom is -0.207 e. The van der Waals surface area contributed by atoms with Crippen molar-refractivity contribution >= 4 is 10.0 Å². The Balaban J connectivity index is 2.08. The van der Waals surface area contributed by atoms with Gasteiger partial charge in [0.1, 0.15) is 5.82 Å². The first-order valence-corrected chi connectivity index (χ1v) is 10.2. The zero-order chi connectivity index (χ0) is 18.0. The van der Waals surface area contributed by atoms with Gasteiger partial charge in [-0.15, -0.1) is 0 Å². The number of benzene rings is 2. The van der Waals surface area contributed by atoms with Gasteiger partial charge in [0.15, 0.2) is 0 Å². The van der Waals surface area contributed by atoms with Gasteiger partial charge >= 0.3 is 0 Å². The first-order chi connectivity index (χ1) is 11.9. The van der Waals surface area contributed by atoms with Crippen molar-refractivity contribution in [1.82, 2.24) is 4.31 Å². The van der Waals surface area contributed by atoms with Gasteiger partial charge < -0.3 is 0 Å². The Bertz CT molecular complexity index is 864. The van der Waals surface area contributed by atoms with Gasteiger partial charge in [0.05, 0.1) is 10.9 Å². The lowest BCUT2D eigenvalue weighted by Gasteiger charge is -2.30. The van der Waals surface area contributed by atoms with Crippen LogP contribution < -0.4 is 0 Å². The zero-order valence-electron chi connectivity index (χ0n) is 14.7. The monoisotopic (exact) mass is 361 g/mol. The summed E-state index contributed by atoms with van der Waals surface area (Å²) in [5.41, 5.74) is 2.39. The predicted octanol–water partition coefficient (Wildman–Crippen LogP) is 4.75. The number of nitrogens with zero attached hydrogens (tertiary/aromatic N) is 1. The summed E-state index contributed by atoms with van der Waals surface area (Å²) in [6.45, 7) is 4.18. The van der Waals surface area contributed by atoms with Crippen LogP contribution in [0.25, 0.3) is 0 Å². The molecule has 0 saturated carbocycles. The molecule has 3 rings (SSSR count). The first kappa shape index (κ1) is 18.1. The number of hydrogen-bond acceptors (Lipinski definition) is 2. The van der Waals surface area contributed by atoms with E-state index in [0.717, 1.165) is 36.0 Å². The lowest BCUT2D eigenvalue weighted by atomic mass is 10.0. The molecule has 0 spiro atoms. The molecule has 1 fully saturated rings. The summed E-state index contributed by atoms with van der Waals surface area (Å²) in [4.78, 5) is 0.357. The van der Waals surface area contributed by atoms with Crippen molar-refractivity contribution in [2.24, 2.45) is 0 Å². The Morgan fingerprint density at radius 1 is 1.04 bits per heavy atom. The van der Waals surface area contributed by atoms with Gasteiger partial charge in [0.25, 0.3) is 0 Å². The predicted molar refractivity (Wildman–Crippen MR) is 97.4 cm³/mol. The second kappa shape index (κ2) is 7.26. The Morgan fingerprint density at radius 3 is 2.60 bits per heavy atom. The second-order valence-electron chi connectivity index (χ2n) is 6.80. The van der Waals surface area contributed by atoms with E-state index in [0.29, 0.717) is 17.9 Å². The fraction of sp³-hybridized carbons (Fsp3) is 0.400. The number of sulfonamides is 1. The highest BCUT2D eigenvalue weighted by atomic mass is 32.2. The highest BCUT2D eigenvalue weighted by Crippen LogP contribution is 2.35. The van der Waals surface area contributed by atoms with E-state index < -0.39 is 10.0 Å². The van der Waals surface area contributed by atoms with Crippen molar-refractivity contribution in [2.45, 2.75) is 50.5 Å². The van der Waals surface area contributed by atoms with Gasteiger partial charge in [-0.25, -0.2) is 12.8 Å². The lowest BCUT2D eigenvalue weighted by molar-refractivity contribution is 0.328. The fourth-order valence-electron chi connectivity index (χ4n) is 3.53. The number of halogens is 1. The molecule has 0 unspecified atom stereocenters. The molecule has 0 N–H and O–H groups in total. The van der Waals surface area contributed by atoms with Crippen molar-refractivity contribution in [3.8, 4) is 0 Å². The molecular formula is C20H24FNO2S. The van der Waals surface area contributed by atoms with E-state index in [1.54, 1.807) is 16.4 Å². The molecule has 0 bridgehead atoms. The minimum absolute atomic E-state index is 0.317. The maximum absolute atomic E-state index is 13.7. The standard InChI is InChI=1S/C20H24FNO2S/c1-15-10-11-16(2)20(13-15)25(23,24)22-12-5-3-4-9-19(22)17-7-6-8-18(21)14-17/h6-8,10-11,13-14,19H,3-5,9,12H2,1-2H3/t19-/m1/s1. The van der Waals surface area contributed by atoms with Crippen molar-refractivity contribution in [2.75, 3.05) is 6.54 Å². The van der Waals surface area contributed by atoms with Gasteiger partial charge in [-0.3, -0.25) is 0 Å². The molecule has 0 radical (unpaired) electrons. The van der Waals surface area contributed by atoms with E-state index >= 15 is 0 Å². The molecule has 1 saturated heterocycles. The Hall–Kier alpha value is -1.72. The van der Waals surface area contributed by atoms with Crippen LogP contribution in [0.3, 0.4) is 0 Å². The molecule has 0 aromatic heterocycles. The number of rotatable bonds is 3. The molecule has 1 aliphatic heterocycles. The van der Waals surface area contributed by atoms with E-state index in [9.17, 15) is 12.8 Å². The molecule has 1 atom stereocenters. The van der Waals surface area contributed by atoms with Gasteiger partial charge in [0, 0.05) is 6.54 Å². The summed E-state index contributed by atoms with van der Waals surface area (Å²) >= 11 is 0. The molecule has 2 aromatic carbocycles. The van der Waals surface area contributed by atoms with Crippen molar-refractivity contribution in [3.63, 3.8) is 0 Å². The molecule has 134 valence electrons. The molecule has 3 nitrogen and oxygen atoms in total. The largest absolute Gasteiger partial charge is 0.243 e. The van der Waals surface area contributed by atoms with Crippen LogP contribution in [0.15, 0.2) is 47.4 Å². The third-order valence-electron chi connectivity index (χ3n) is 4.87. The molecule has 0 amide bonds. The van der Waals surface area contributed by atoms with Gasteiger partial charge in [-0.1, -0.05) is 37.1 Å². The molecule has 0 aliphatic carbocycles. The topological polar surface area (TPSA) is 37.4 Å². The summed E-state index contributed by atoms with van der Waals surface area (Å²) in [5, 5.41) is 0. The molecule has 5 heteroatoms.